The molecule has 1 aromatic heterocycles. The van der Waals surface area contributed by atoms with E-state index in [1.807, 2.05) is 49.4 Å². The summed E-state index contributed by atoms with van der Waals surface area (Å²) in [6, 6.07) is 13.4. The molecule has 3 aromatic rings. The molecule has 0 aliphatic rings. The van der Waals surface area contributed by atoms with Crippen LogP contribution >= 0.6 is 15.9 Å². The molecule has 1 N–H and O–H groups in total. The SMILES string of the molecule is Cc1ccc(C(O)Cc2nc3ccccc3o2)cc1Br. The number of benzene rings is 2. The van der Waals surface area contributed by atoms with Crippen molar-refractivity contribution in [2.75, 3.05) is 0 Å². The normalized spacial score (nSPS) is 12.8. The first-order valence-corrected chi connectivity index (χ1v) is 7.21. The lowest BCUT2D eigenvalue weighted by atomic mass is 10.1. The molecule has 0 spiro atoms. The average Bonchev–Trinajstić information content (AvgIpc) is 2.83. The summed E-state index contributed by atoms with van der Waals surface area (Å²) in [5, 5.41) is 10.3. The Bertz CT molecular complexity index is 718. The van der Waals surface area contributed by atoms with Gasteiger partial charge in [0, 0.05) is 4.47 Å². The van der Waals surface area contributed by atoms with Gasteiger partial charge >= 0.3 is 0 Å². The predicted octanol–water partition coefficient (Wildman–Crippen LogP) is 4.17. The van der Waals surface area contributed by atoms with E-state index >= 15 is 0 Å². The highest BCUT2D eigenvalue weighted by Crippen LogP contribution is 2.25. The number of nitrogens with zero attached hydrogens (tertiary/aromatic N) is 1. The Morgan fingerprint density at radius 3 is 2.80 bits per heavy atom. The van der Waals surface area contributed by atoms with Crippen molar-refractivity contribution < 1.29 is 9.52 Å². The van der Waals surface area contributed by atoms with Crippen LogP contribution in [0.5, 0.6) is 0 Å². The van der Waals surface area contributed by atoms with Crippen molar-refractivity contribution in [1.82, 2.24) is 4.98 Å². The Kier molecular flexibility index (Phi) is 3.59. The summed E-state index contributed by atoms with van der Waals surface area (Å²) in [4.78, 5) is 4.38. The van der Waals surface area contributed by atoms with E-state index in [-0.39, 0.29) is 0 Å². The number of aromatic nitrogens is 1. The fourth-order valence-corrected chi connectivity index (χ4v) is 2.50. The van der Waals surface area contributed by atoms with Crippen LogP contribution in [0.1, 0.15) is 23.1 Å². The van der Waals surface area contributed by atoms with Gasteiger partial charge in [-0.1, -0.05) is 40.2 Å². The first kappa shape index (κ1) is 13.3. The fourth-order valence-electron chi connectivity index (χ4n) is 2.11. The van der Waals surface area contributed by atoms with Gasteiger partial charge in [-0.15, -0.1) is 0 Å². The predicted molar refractivity (Wildman–Crippen MR) is 81.6 cm³/mol. The maximum Gasteiger partial charge on any atom is 0.198 e. The highest BCUT2D eigenvalue weighted by molar-refractivity contribution is 9.10. The van der Waals surface area contributed by atoms with Crippen LogP contribution in [0.2, 0.25) is 0 Å². The van der Waals surface area contributed by atoms with Gasteiger partial charge in [0.05, 0.1) is 12.5 Å². The third kappa shape index (κ3) is 2.62. The molecule has 0 saturated carbocycles. The molecule has 2 aromatic carbocycles. The van der Waals surface area contributed by atoms with Crippen molar-refractivity contribution in [3.63, 3.8) is 0 Å². The molecule has 0 bridgehead atoms. The largest absolute Gasteiger partial charge is 0.441 e. The number of oxazole rings is 1. The number of fused-ring (bicyclic) bond motifs is 1. The first-order chi connectivity index (χ1) is 9.63. The van der Waals surface area contributed by atoms with Gasteiger partial charge < -0.3 is 9.52 Å². The van der Waals surface area contributed by atoms with Crippen LogP contribution in [0.25, 0.3) is 11.1 Å². The van der Waals surface area contributed by atoms with Crippen molar-refractivity contribution in [2.24, 2.45) is 0 Å². The summed E-state index contributed by atoms with van der Waals surface area (Å²) in [7, 11) is 0. The number of aliphatic hydroxyl groups is 1. The molecule has 0 fully saturated rings. The van der Waals surface area contributed by atoms with Crippen molar-refractivity contribution in [3.05, 3.63) is 64.0 Å². The van der Waals surface area contributed by atoms with Crippen molar-refractivity contribution >= 4 is 27.0 Å². The molecule has 3 nitrogen and oxygen atoms in total. The lowest BCUT2D eigenvalue weighted by Crippen LogP contribution is -2.02. The van der Waals surface area contributed by atoms with E-state index in [4.69, 9.17) is 4.42 Å². The highest BCUT2D eigenvalue weighted by atomic mass is 79.9. The number of para-hydroxylation sites is 2. The fraction of sp³-hybridized carbons (Fsp3) is 0.188. The highest BCUT2D eigenvalue weighted by Gasteiger charge is 2.14. The minimum Gasteiger partial charge on any atom is -0.441 e. The molecule has 20 heavy (non-hydrogen) atoms. The molecule has 3 rings (SSSR count). The van der Waals surface area contributed by atoms with Crippen LogP contribution in [-0.2, 0) is 6.42 Å². The second-order valence-corrected chi connectivity index (χ2v) is 5.66. The smallest absolute Gasteiger partial charge is 0.198 e. The zero-order chi connectivity index (χ0) is 14.1. The maximum absolute atomic E-state index is 10.3. The second-order valence-electron chi connectivity index (χ2n) is 4.80. The van der Waals surface area contributed by atoms with Gasteiger partial charge in [0.25, 0.3) is 0 Å². The van der Waals surface area contributed by atoms with Crippen LogP contribution in [0.4, 0.5) is 0 Å². The van der Waals surface area contributed by atoms with E-state index in [1.54, 1.807) is 0 Å². The average molecular weight is 332 g/mol. The molecule has 0 radical (unpaired) electrons. The molecule has 1 unspecified atom stereocenters. The van der Waals surface area contributed by atoms with Crippen molar-refractivity contribution in [1.29, 1.82) is 0 Å². The van der Waals surface area contributed by atoms with Gasteiger partial charge in [-0.05, 0) is 36.2 Å². The summed E-state index contributed by atoms with van der Waals surface area (Å²) < 4.78 is 6.62. The van der Waals surface area contributed by atoms with Crippen LogP contribution < -0.4 is 0 Å². The summed E-state index contributed by atoms with van der Waals surface area (Å²) in [5.41, 5.74) is 3.56. The Hall–Kier alpha value is -1.65. The number of hydrogen-bond acceptors (Lipinski definition) is 3. The number of aryl methyl sites for hydroxylation is 1. The van der Waals surface area contributed by atoms with Gasteiger partial charge in [-0.2, -0.15) is 0 Å². The van der Waals surface area contributed by atoms with E-state index < -0.39 is 6.10 Å². The number of aliphatic hydroxyl groups excluding tert-OH is 1. The van der Waals surface area contributed by atoms with E-state index in [1.165, 1.54) is 0 Å². The minimum atomic E-state index is -0.625. The zero-order valence-electron chi connectivity index (χ0n) is 11.0. The third-order valence-corrected chi connectivity index (χ3v) is 4.14. The Morgan fingerprint density at radius 1 is 1.25 bits per heavy atom. The summed E-state index contributed by atoms with van der Waals surface area (Å²) in [5.74, 6) is 0.551. The lowest BCUT2D eigenvalue weighted by molar-refractivity contribution is 0.169. The Morgan fingerprint density at radius 2 is 2.05 bits per heavy atom. The van der Waals surface area contributed by atoms with E-state index in [2.05, 4.69) is 20.9 Å². The van der Waals surface area contributed by atoms with Gasteiger partial charge in [0.15, 0.2) is 11.5 Å². The minimum absolute atomic E-state index is 0.365. The molecule has 0 aliphatic carbocycles. The third-order valence-electron chi connectivity index (χ3n) is 3.29. The summed E-state index contributed by atoms with van der Waals surface area (Å²) in [6.45, 7) is 2.01. The quantitative estimate of drug-likeness (QED) is 0.783. The standard InChI is InChI=1S/C16H14BrNO2/c1-10-6-7-11(8-12(10)17)14(19)9-16-18-13-4-2-3-5-15(13)20-16/h2-8,14,19H,9H2,1H3. The van der Waals surface area contributed by atoms with E-state index in [0.29, 0.717) is 12.3 Å². The topological polar surface area (TPSA) is 46.3 Å². The van der Waals surface area contributed by atoms with Gasteiger partial charge in [0.1, 0.15) is 5.52 Å². The second kappa shape index (κ2) is 5.38. The molecule has 1 atom stereocenters. The van der Waals surface area contributed by atoms with Crippen LogP contribution in [0, 0.1) is 6.92 Å². The molecule has 102 valence electrons. The van der Waals surface area contributed by atoms with Gasteiger partial charge in [0.2, 0.25) is 0 Å². The van der Waals surface area contributed by atoms with Crippen molar-refractivity contribution in [3.8, 4) is 0 Å². The number of hydrogen-bond donors (Lipinski definition) is 1. The number of halogens is 1. The van der Waals surface area contributed by atoms with Crippen LogP contribution in [-0.4, -0.2) is 10.1 Å². The van der Waals surface area contributed by atoms with Crippen LogP contribution in [0.15, 0.2) is 51.4 Å². The number of rotatable bonds is 3. The zero-order valence-corrected chi connectivity index (χ0v) is 12.6. The Balaban J connectivity index is 1.84. The van der Waals surface area contributed by atoms with Gasteiger partial charge in [-0.25, -0.2) is 4.98 Å². The maximum atomic E-state index is 10.3. The summed E-state index contributed by atoms with van der Waals surface area (Å²) >= 11 is 3.48. The molecular weight excluding hydrogens is 318 g/mol. The molecule has 0 amide bonds. The van der Waals surface area contributed by atoms with Crippen LogP contribution in [0.3, 0.4) is 0 Å². The van der Waals surface area contributed by atoms with Gasteiger partial charge in [-0.3, -0.25) is 0 Å². The molecule has 1 heterocycles. The lowest BCUT2D eigenvalue weighted by Gasteiger charge is -2.10. The van der Waals surface area contributed by atoms with Crippen molar-refractivity contribution in [2.45, 2.75) is 19.4 Å². The van der Waals surface area contributed by atoms with E-state index in [9.17, 15) is 5.11 Å². The molecular formula is C16H14BrNO2. The van der Waals surface area contributed by atoms with E-state index in [0.717, 1.165) is 26.7 Å². The molecule has 0 aliphatic heterocycles. The Labute approximate surface area is 125 Å². The summed E-state index contributed by atoms with van der Waals surface area (Å²) in [6.07, 6.45) is -0.260. The molecule has 4 heteroatoms. The monoisotopic (exact) mass is 331 g/mol. The molecule has 0 saturated heterocycles. The first-order valence-electron chi connectivity index (χ1n) is 6.42.